The number of para-hydroxylation sites is 1. The molecule has 1 heterocycles. The van der Waals surface area contributed by atoms with Gasteiger partial charge in [-0.15, -0.1) is 0 Å². The molecular weight excluding hydrogens is 350 g/mol. The van der Waals surface area contributed by atoms with Crippen LogP contribution >= 0.6 is 0 Å². The van der Waals surface area contributed by atoms with Crippen molar-refractivity contribution in [1.29, 1.82) is 0 Å². The molecule has 0 fully saturated rings. The molecule has 5 heteroatoms. The summed E-state index contributed by atoms with van der Waals surface area (Å²) in [6.45, 7) is 3.23. The van der Waals surface area contributed by atoms with Gasteiger partial charge in [0.15, 0.2) is 0 Å². The van der Waals surface area contributed by atoms with Crippen LogP contribution in [0, 0.1) is 6.92 Å². The number of amides is 1. The standard InChI is InChI=1S/C23H25N3O2/c1-17-6-5-7-18(14-17)16-26-23(27)20-11-13-25-22(15-20)24-12-10-19-8-3-4-9-21(19)28-2/h3-9,11,13-15H,10,12,16H2,1-2H3,(H,24,25)(H,26,27). The fraction of sp³-hybridized carbons (Fsp3) is 0.217. The Morgan fingerprint density at radius 3 is 2.75 bits per heavy atom. The minimum atomic E-state index is -0.114. The van der Waals surface area contributed by atoms with E-state index >= 15 is 0 Å². The summed E-state index contributed by atoms with van der Waals surface area (Å²) >= 11 is 0. The third-order valence-electron chi connectivity index (χ3n) is 4.45. The average molecular weight is 375 g/mol. The number of carbonyl (C=O) groups excluding carboxylic acids is 1. The minimum Gasteiger partial charge on any atom is -0.496 e. The molecule has 0 atom stereocenters. The number of ether oxygens (including phenoxy) is 1. The number of aryl methyl sites for hydroxylation is 1. The van der Waals surface area contributed by atoms with E-state index in [1.54, 1.807) is 25.4 Å². The second-order valence-corrected chi connectivity index (χ2v) is 6.59. The summed E-state index contributed by atoms with van der Waals surface area (Å²) in [4.78, 5) is 16.8. The fourth-order valence-electron chi connectivity index (χ4n) is 3.01. The lowest BCUT2D eigenvalue weighted by molar-refractivity contribution is 0.0951. The van der Waals surface area contributed by atoms with Gasteiger partial charge in [-0.2, -0.15) is 0 Å². The highest BCUT2D eigenvalue weighted by atomic mass is 16.5. The first-order chi connectivity index (χ1) is 13.7. The number of anilines is 1. The van der Waals surface area contributed by atoms with Crippen molar-refractivity contribution in [2.75, 3.05) is 19.0 Å². The Kier molecular flexibility index (Phi) is 6.63. The lowest BCUT2D eigenvalue weighted by Crippen LogP contribution is -2.23. The number of aromatic nitrogens is 1. The predicted octanol–water partition coefficient (Wildman–Crippen LogP) is 3.98. The summed E-state index contributed by atoms with van der Waals surface area (Å²) in [5, 5.41) is 6.23. The third-order valence-corrected chi connectivity index (χ3v) is 4.45. The highest BCUT2D eigenvalue weighted by Crippen LogP contribution is 2.18. The van der Waals surface area contributed by atoms with Gasteiger partial charge >= 0.3 is 0 Å². The number of hydrogen-bond donors (Lipinski definition) is 2. The molecule has 3 rings (SSSR count). The van der Waals surface area contributed by atoms with Crippen LogP contribution in [0.15, 0.2) is 66.9 Å². The zero-order valence-corrected chi connectivity index (χ0v) is 16.2. The van der Waals surface area contributed by atoms with Crippen molar-refractivity contribution in [3.05, 3.63) is 89.1 Å². The maximum Gasteiger partial charge on any atom is 0.251 e. The maximum absolute atomic E-state index is 12.5. The Bertz CT molecular complexity index is 940. The molecule has 0 bridgehead atoms. The molecule has 0 radical (unpaired) electrons. The van der Waals surface area contributed by atoms with Crippen molar-refractivity contribution < 1.29 is 9.53 Å². The second-order valence-electron chi connectivity index (χ2n) is 6.59. The number of carbonyl (C=O) groups is 1. The van der Waals surface area contributed by atoms with E-state index in [2.05, 4.69) is 21.7 Å². The van der Waals surface area contributed by atoms with Gasteiger partial charge in [0, 0.05) is 24.8 Å². The molecule has 0 spiro atoms. The lowest BCUT2D eigenvalue weighted by Gasteiger charge is -2.10. The highest BCUT2D eigenvalue weighted by molar-refractivity contribution is 5.94. The first-order valence-electron chi connectivity index (χ1n) is 9.31. The Hall–Kier alpha value is -3.34. The SMILES string of the molecule is COc1ccccc1CCNc1cc(C(=O)NCc2cccc(C)c2)ccn1. The molecule has 1 aromatic heterocycles. The molecule has 0 saturated heterocycles. The number of methoxy groups -OCH3 is 1. The van der Waals surface area contributed by atoms with Crippen LogP contribution in [0.4, 0.5) is 5.82 Å². The summed E-state index contributed by atoms with van der Waals surface area (Å²) in [5.74, 6) is 1.44. The molecule has 0 aliphatic rings. The normalized spacial score (nSPS) is 10.4. The van der Waals surface area contributed by atoms with Crippen LogP contribution in [0.5, 0.6) is 5.75 Å². The van der Waals surface area contributed by atoms with Crippen molar-refractivity contribution in [2.24, 2.45) is 0 Å². The zero-order valence-electron chi connectivity index (χ0n) is 16.2. The van der Waals surface area contributed by atoms with Crippen LogP contribution in [-0.2, 0) is 13.0 Å². The van der Waals surface area contributed by atoms with Gasteiger partial charge in [0.2, 0.25) is 0 Å². The average Bonchev–Trinajstić information content (AvgIpc) is 2.72. The third kappa shape index (κ3) is 5.33. The van der Waals surface area contributed by atoms with Crippen LogP contribution in [0.2, 0.25) is 0 Å². The number of nitrogens with zero attached hydrogens (tertiary/aromatic N) is 1. The molecule has 0 saturated carbocycles. The molecule has 2 N–H and O–H groups in total. The maximum atomic E-state index is 12.5. The quantitative estimate of drug-likeness (QED) is 0.625. The van der Waals surface area contributed by atoms with Gasteiger partial charge in [-0.1, -0.05) is 48.0 Å². The predicted molar refractivity (Wildman–Crippen MR) is 112 cm³/mol. The van der Waals surface area contributed by atoms with E-state index in [0.717, 1.165) is 23.3 Å². The second kappa shape index (κ2) is 9.55. The summed E-state index contributed by atoms with van der Waals surface area (Å²) in [5.41, 5.74) is 3.97. The van der Waals surface area contributed by atoms with E-state index in [1.807, 2.05) is 49.4 Å². The van der Waals surface area contributed by atoms with E-state index in [9.17, 15) is 4.79 Å². The first-order valence-corrected chi connectivity index (χ1v) is 9.31. The summed E-state index contributed by atoms with van der Waals surface area (Å²) in [6.07, 6.45) is 2.45. The smallest absolute Gasteiger partial charge is 0.251 e. The largest absolute Gasteiger partial charge is 0.496 e. The van der Waals surface area contributed by atoms with Crippen LogP contribution < -0.4 is 15.4 Å². The van der Waals surface area contributed by atoms with Crippen molar-refractivity contribution in [2.45, 2.75) is 19.9 Å². The molecule has 5 nitrogen and oxygen atoms in total. The van der Waals surface area contributed by atoms with Gasteiger partial charge < -0.3 is 15.4 Å². The van der Waals surface area contributed by atoms with Gasteiger partial charge in [0.05, 0.1) is 7.11 Å². The van der Waals surface area contributed by atoms with Crippen molar-refractivity contribution in [1.82, 2.24) is 10.3 Å². The summed E-state index contributed by atoms with van der Waals surface area (Å²) in [6, 6.07) is 19.5. The van der Waals surface area contributed by atoms with Gasteiger partial charge in [-0.05, 0) is 42.7 Å². The number of benzene rings is 2. The molecule has 144 valence electrons. The number of nitrogens with one attached hydrogen (secondary N) is 2. The van der Waals surface area contributed by atoms with Crippen molar-refractivity contribution >= 4 is 11.7 Å². The van der Waals surface area contributed by atoms with Gasteiger partial charge in [0.25, 0.3) is 5.91 Å². The first kappa shape index (κ1) is 19.4. The van der Waals surface area contributed by atoms with E-state index in [0.29, 0.717) is 24.5 Å². The molecule has 1 amide bonds. The number of rotatable bonds is 8. The minimum absolute atomic E-state index is 0.114. The van der Waals surface area contributed by atoms with Gasteiger partial charge in [-0.3, -0.25) is 4.79 Å². The van der Waals surface area contributed by atoms with Gasteiger partial charge in [-0.25, -0.2) is 4.98 Å². The van der Waals surface area contributed by atoms with E-state index in [-0.39, 0.29) is 5.91 Å². The molecule has 0 aliphatic heterocycles. The number of pyridine rings is 1. The Balaban J connectivity index is 1.55. The molecule has 0 unspecified atom stereocenters. The van der Waals surface area contributed by atoms with Crippen LogP contribution in [-0.4, -0.2) is 24.5 Å². The van der Waals surface area contributed by atoms with E-state index < -0.39 is 0 Å². The Morgan fingerprint density at radius 1 is 1.07 bits per heavy atom. The highest BCUT2D eigenvalue weighted by Gasteiger charge is 2.07. The topological polar surface area (TPSA) is 63.2 Å². The van der Waals surface area contributed by atoms with Crippen molar-refractivity contribution in [3.63, 3.8) is 0 Å². The molecular formula is C23H25N3O2. The van der Waals surface area contributed by atoms with Crippen molar-refractivity contribution in [3.8, 4) is 5.75 Å². The fourth-order valence-corrected chi connectivity index (χ4v) is 3.01. The van der Waals surface area contributed by atoms with Crippen LogP contribution in [0.3, 0.4) is 0 Å². The van der Waals surface area contributed by atoms with Crippen LogP contribution in [0.25, 0.3) is 0 Å². The molecule has 3 aromatic rings. The number of hydrogen-bond acceptors (Lipinski definition) is 4. The summed E-state index contributed by atoms with van der Waals surface area (Å²) in [7, 11) is 1.67. The molecule has 28 heavy (non-hydrogen) atoms. The zero-order chi connectivity index (χ0) is 19.8. The monoisotopic (exact) mass is 375 g/mol. The Morgan fingerprint density at radius 2 is 1.93 bits per heavy atom. The summed E-state index contributed by atoms with van der Waals surface area (Å²) < 4.78 is 5.37. The molecule has 2 aromatic carbocycles. The lowest BCUT2D eigenvalue weighted by atomic mass is 10.1. The Labute approximate surface area is 165 Å². The van der Waals surface area contributed by atoms with Crippen LogP contribution in [0.1, 0.15) is 27.0 Å². The molecule has 0 aliphatic carbocycles. The van der Waals surface area contributed by atoms with E-state index in [4.69, 9.17) is 4.74 Å². The van der Waals surface area contributed by atoms with E-state index in [1.165, 1.54) is 5.56 Å². The van der Waals surface area contributed by atoms with Gasteiger partial charge in [0.1, 0.15) is 11.6 Å².